The predicted octanol–water partition coefficient (Wildman–Crippen LogP) is 2.44. The van der Waals surface area contributed by atoms with Crippen molar-refractivity contribution in [3.05, 3.63) is 17.1 Å². The number of aromatic nitrogens is 2. The molecule has 0 unspecified atom stereocenters. The van der Waals surface area contributed by atoms with Crippen molar-refractivity contribution in [1.82, 2.24) is 19.8 Å². The lowest BCUT2D eigenvalue weighted by Gasteiger charge is -2.36. The number of carbonyl (C=O) groups excluding carboxylic acids is 3. The highest BCUT2D eigenvalue weighted by molar-refractivity contribution is 5.95. The summed E-state index contributed by atoms with van der Waals surface area (Å²) in [5.74, 6) is 2.37. The molecule has 1 aromatic rings. The fourth-order valence-electron chi connectivity index (χ4n) is 5.17. The number of anilines is 1. The van der Waals surface area contributed by atoms with E-state index in [9.17, 15) is 14.4 Å². The van der Waals surface area contributed by atoms with Crippen LogP contribution in [0.5, 0.6) is 0 Å². The Labute approximate surface area is 190 Å². The molecule has 3 aliphatic rings. The molecule has 2 saturated heterocycles. The maximum absolute atomic E-state index is 13.0. The molecular formula is C24H35N5O3. The van der Waals surface area contributed by atoms with Gasteiger partial charge in [-0.3, -0.25) is 19.3 Å². The Hall–Kier alpha value is -2.51. The summed E-state index contributed by atoms with van der Waals surface area (Å²) in [6, 6.07) is -0.389. The Morgan fingerprint density at radius 3 is 2.34 bits per heavy atom. The van der Waals surface area contributed by atoms with E-state index in [0.717, 1.165) is 42.2 Å². The standard InChI is InChI=1S/C24H35N5O3/c1-15(2)14-29-21(31)8-7-19-16(3)25-22(26-23(19)29)18-9-12-27(13-10-18)24(32)17(4)28-11-5-6-20(28)30/h15,17-18H,5-14H2,1-4H3/t17-/m0/s1. The highest BCUT2D eigenvalue weighted by Gasteiger charge is 2.35. The first-order valence-corrected chi connectivity index (χ1v) is 12.0. The molecule has 0 radical (unpaired) electrons. The van der Waals surface area contributed by atoms with E-state index in [1.54, 1.807) is 4.90 Å². The van der Waals surface area contributed by atoms with Crippen molar-refractivity contribution in [2.24, 2.45) is 5.92 Å². The Morgan fingerprint density at radius 1 is 1.00 bits per heavy atom. The third kappa shape index (κ3) is 4.36. The number of likely N-dealkylation sites (tertiary alicyclic amines) is 2. The highest BCUT2D eigenvalue weighted by Crippen LogP contribution is 2.33. The zero-order valence-corrected chi connectivity index (χ0v) is 19.8. The van der Waals surface area contributed by atoms with E-state index in [2.05, 4.69) is 13.8 Å². The number of nitrogens with zero attached hydrogens (tertiary/aromatic N) is 5. The summed E-state index contributed by atoms with van der Waals surface area (Å²) >= 11 is 0. The van der Waals surface area contributed by atoms with Gasteiger partial charge in [-0.1, -0.05) is 13.8 Å². The van der Waals surface area contributed by atoms with E-state index in [0.29, 0.717) is 51.4 Å². The first-order chi connectivity index (χ1) is 15.3. The van der Waals surface area contributed by atoms with Gasteiger partial charge in [0.15, 0.2) is 0 Å². The lowest BCUT2D eigenvalue weighted by molar-refractivity contribution is -0.143. The first kappa shape index (κ1) is 22.7. The number of rotatable bonds is 5. The molecule has 8 nitrogen and oxygen atoms in total. The molecule has 32 heavy (non-hydrogen) atoms. The fraction of sp³-hybridized carbons (Fsp3) is 0.708. The number of hydrogen-bond acceptors (Lipinski definition) is 5. The third-order valence-electron chi connectivity index (χ3n) is 7.01. The summed E-state index contributed by atoms with van der Waals surface area (Å²) in [7, 11) is 0. The minimum absolute atomic E-state index is 0.0370. The van der Waals surface area contributed by atoms with Crippen molar-refractivity contribution in [2.75, 3.05) is 31.1 Å². The van der Waals surface area contributed by atoms with Gasteiger partial charge in [0, 0.05) is 56.2 Å². The van der Waals surface area contributed by atoms with Crippen molar-refractivity contribution in [1.29, 1.82) is 0 Å². The van der Waals surface area contributed by atoms with Gasteiger partial charge in [-0.15, -0.1) is 0 Å². The molecule has 0 bridgehead atoms. The molecule has 3 aliphatic heterocycles. The molecule has 4 heterocycles. The molecule has 0 aromatic carbocycles. The van der Waals surface area contributed by atoms with Crippen molar-refractivity contribution in [3.8, 4) is 0 Å². The molecule has 4 rings (SSSR count). The molecule has 0 spiro atoms. The zero-order valence-electron chi connectivity index (χ0n) is 19.8. The number of fused-ring (bicyclic) bond motifs is 1. The molecule has 1 aromatic heterocycles. The first-order valence-electron chi connectivity index (χ1n) is 12.0. The minimum Gasteiger partial charge on any atom is -0.341 e. The van der Waals surface area contributed by atoms with Crippen LogP contribution in [0.25, 0.3) is 0 Å². The van der Waals surface area contributed by atoms with Crippen LogP contribution >= 0.6 is 0 Å². The van der Waals surface area contributed by atoms with Crippen LogP contribution in [0.3, 0.4) is 0 Å². The fourth-order valence-corrected chi connectivity index (χ4v) is 5.17. The number of carbonyl (C=O) groups is 3. The zero-order chi connectivity index (χ0) is 23.0. The number of amides is 3. The molecule has 2 fully saturated rings. The number of aryl methyl sites for hydroxylation is 1. The molecule has 0 saturated carbocycles. The van der Waals surface area contributed by atoms with Crippen LogP contribution in [0.2, 0.25) is 0 Å². The van der Waals surface area contributed by atoms with Gasteiger partial charge in [-0.2, -0.15) is 0 Å². The van der Waals surface area contributed by atoms with E-state index < -0.39 is 0 Å². The summed E-state index contributed by atoms with van der Waals surface area (Å²) in [6.07, 6.45) is 4.19. The lowest BCUT2D eigenvalue weighted by Crippen LogP contribution is -2.49. The van der Waals surface area contributed by atoms with Gasteiger partial charge in [-0.05, 0) is 45.4 Å². The average Bonchev–Trinajstić information content (AvgIpc) is 3.20. The quantitative estimate of drug-likeness (QED) is 0.700. The van der Waals surface area contributed by atoms with Crippen LogP contribution in [0.15, 0.2) is 0 Å². The van der Waals surface area contributed by atoms with Gasteiger partial charge >= 0.3 is 0 Å². The molecule has 3 amide bonds. The van der Waals surface area contributed by atoms with Gasteiger partial charge in [0.05, 0.1) is 0 Å². The largest absolute Gasteiger partial charge is 0.341 e. The van der Waals surface area contributed by atoms with Gasteiger partial charge < -0.3 is 9.80 Å². The van der Waals surface area contributed by atoms with Crippen LogP contribution < -0.4 is 4.90 Å². The minimum atomic E-state index is -0.389. The smallest absolute Gasteiger partial charge is 0.245 e. The van der Waals surface area contributed by atoms with Crippen molar-refractivity contribution in [2.45, 2.75) is 78.2 Å². The van der Waals surface area contributed by atoms with E-state index in [1.165, 1.54) is 0 Å². The van der Waals surface area contributed by atoms with Gasteiger partial charge in [-0.25, -0.2) is 9.97 Å². The lowest BCUT2D eigenvalue weighted by atomic mass is 9.94. The van der Waals surface area contributed by atoms with Crippen LogP contribution in [0, 0.1) is 12.8 Å². The molecule has 8 heteroatoms. The van der Waals surface area contributed by atoms with Crippen LogP contribution in [-0.2, 0) is 20.8 Å². The van der Waals surface area contributed by atoms with E-state index in [1.807, 2.05) is 23.6 Å². The Bertz CT molecular complexity index is 907. The summed E-state index contributed by atoms with van der Waals surface area (Å²) < 4.78 is 0. The summed E-state index contributed by atoms with van der Waals surface area (Å²) in [5, 5.41) is 0. The second-order valence-corrected chi connectivity index (χ2v) is 9.83. The Balaban J connectivity index is 1.46. The summed E-state index contributed by atoms with van der Waals surface area (Å²) in [4.78, 5) is 52.7. The normalized spacial score (nSPS) is 20.8. The molecule has 174 valence electrons. The maximum atomic E-state index is 13.0. The highest BCUT2D eigenvalue weighted by atomic mass is 16.2. The number of piperidine rings is 1. The molecule has 1 atom stereocenters. The SMILES string of the molecule is Cc1nc(C2CCN(C(=O)[C@H](C)N3CCCC3=O)CC2)nc2c1CCC(=O)N2CC(C)C. The monoisotopic (exact) mass is 441 g/mol. The van der Waals surface area contributed by atoms with Crippen LogP contribution in [-0.4, -0.2) is 69.7 Å². The summed E-state index contributed by atoms with van der Waals surface area (Å²) in [6.45, 7) is 10.7. The number of hydrogen-bond donors (Lipinski definition) is 0. The van der Waals surface area contributed by atoms with E-state index in [4.69, 9.17) is 9.97 Å². The van der Waals surface area contributed by atoms with Crippen molar-refractivity contribution >= 4 is 23.5 Å². The predicted molar refractivity (Wildman–Crippen MR) is 121 cm³/mol. The molecule has 0 N–H and O–H groups in total. The second-order valence-electron chi connectivity index (χ2n) is 9.83. The molecule has 0 aliphatic carbocycles. The van der Waals surface area contributed by atoms with Gasteiger partial charge in [0.2, 0.25) is 17.7 Å². The second kappa shape index (κ2) is 9.16. The van der Waals surface area contributed by atoms with Crippen LogP contribution in [0.1, 0.15) is 75.9 Å². The van der Waals surface area contributed by atoms with E-state index in [-0.39, 0.29) is 29.7 Å². The van der Waals surface area contributed by atoms with E-state index >= 15 is 0 Å². The van der Waals surface area contributed by atoms with Crippen molar-refractivity contribution in [3.63, 3.8) is 0 Å². The molecular weight excluding hydrogens is 406 g/mol. The Morgan fingerprint density at radius 2 is 1.72 bits per heavy atom. The topological polar surface area (TPSA) is 86.7 Å². The average molecular weight is 442 g/mol. The van der Waals surface area contributed by atoms with Crippen molar-refractivity contribution < 1.29 is 14.4 Å². The van der Waals surface area contributed by atoms with Gasteiger partial charge in [0.25, 0.3) is 0 Å². The summed E-state index contributed by atoms with van der Waals surface area (Å²) in [5.41, 5.74) is 2.05. The van der Waals surface area contributed by atoms with Crippen LogP contribution in [0.4, 0.5) is 5.82 Å². The van der Waals surface area contributed by atoms with Gasteiger partial charge in [0.1, 0.15) is 17.7 Å². The Kier molecular flexibility index (Phi) is 6.49. The third-order valence-corrected chi connectivity index (χ3v) is 7.01. The maximum Gasteiger partial charge on any atom is 0.245 e.